The number of imidazole rings is 1. The summed E-state index contributed by atoms with van der Waals surface area (Å²) >= 11 is 23.3. The molecule has 7 heteroatoms. The zero-order valence-electron chi connectivity index (χ0n) is 9.84. The Morgan fingerprint density at radius 1 is 0.950 bits per heavy atom. The largest absolute Gasteiger partial charge is 0.452 e. The zero-order chi connectivity index (χ0) is 14.3. The second-order valence-corrected chi connectivity index (χ2v) is 5.63. The summed E-state index contributed by atoms with van der Waals surface area (Å²) in [4.78, 5) is 6.00. The fraction of sp³-hybridized carbons (Fsp3) is 0. The number of H-pyrrole nitrogens is 2. The van der Waals surface area contributed by atoms with Crippen LogP contribution < -0.4 is 4.74 Å². The Labute approximate surface area is 134 Å². The first-order valence-electron chi connectivity index (χ1n) is 5.58. The van der Waals surface area contributed by atoms with Crippen molar-refractivity contribution in [2.75, 3.05) is 0 Å². The predicted octanol–water partition coefficient (Wildman–Crippen LogP) is 5.98. The SMILES string of the molecule is S=c1[nH]c2ccc(Cl)c(Oc3cccc(Cl)c3Cl)c2[nH]1. The molecular formula is C13H7Cl3N2OS. The van der Waals surface area contributed by atoms with E-state index in [1.807, 2.05) is 6.07 Å². The number of hydrogen-bond acceptors (Lipinski definition) is 2. The van der Waals surface area contributed by atoms with Crippen molar-refractivity contribution in [3.05, 3.63) is 50.2 Å². The molecule has 0 saturated carbocycles. The van der Waals surface area contributed by atoms with Gasteiger partial charge in [-0.1, -0.05) is 40.9 Å². The van der Waals surface area contributed by atoms with Crippen molar-refractivity contribution in [2.24, 2.45) is 0 Å². The summed E-state index contributed by atoms with van der Waals surface area (Å²) in [6.45, 7) is 0. The van der Waals surface area contributed by atoms with Gasteiger partial charge >= 0.3 is 0 Å². The maximum absolute atomic E-state index is 6.19. The van der Waals surface area contributed by atoms with Gasteiger partial charge in [-0.3, -0.25) is 0 Å². The fourth-order valence-electron chi connectivity index (χ4n) is 1.83. The van der Waals surface area contributed by atoms with Crippen molar-refractivity contribution in [3.63, 3.8) is 0 Å². The number of rotatable bonds is 2. The molecule has 3 aromatic rings. The maximum Gasteiger partial charge on any atom is 0.175 e. The van der Waals surface area contributed by atoms with Crippen LogP contribution >= 0.6 is 47.0 Å². The normalized spacial score (nSPS) is 10.9. The molecule has 3 nitrogen and oxygen atoms in total. The highest BCUT2D eigenvalue weighted by Gasteiger charge is 2.13. The first-order valence-corrected chi connectivity index (χ1v) is 7.13. The highest BCUT2D eigenvalue weighted by molar-refractivity contribution is 7.71. The van der Waals surface area contributed by atoms with E-state index in [-0.39, 0.29) is 0 Å². The highest BCUT2D eigenvalue weighted by Crippen LogP contribution is 2.39. The van der Waals surface area contributed by atoms with Gasteiger partial charge in [0.1, 0.15) is 16.3 Å². The Morgan fingerprint density at radius 3 is 2.55 bits per heavy atom. The number of halogens is 3. The molecule has 1 heterocycles. The molecule has 0 aliphatic carbocycles. The minimum atomic E-state index is 0.330. The molecule has 0 amide bonds. The second-order valence-electron chi connectivity index (χ2n) is 4.03. The van der Waals surface area contributed by atoms with Crippen molar-refractivity contribution in [1.82, 2.24) is 9.97 Å². The molecule has 0 saturated heterocycles. The molecule has 3 rings (SSSR count). The van der Waals surface area contributed by atoms with Gasteiger partial charge in [-0.25, -0.2) is 0 Å². The lowest BCUT2D eigenvalue weighted by atomic mass is 10.3. The Balaban J connectivity index is 2.17. The summed E-state index contributed by atoms with van der Waals surface area (Å²) in [5.74, 6) is 0.870. The monoisotopic (exact) mass is 344 g/mol. The van der Waals surface area contributed by atoms with E-state index in [0.717, 1.165) is 5.52 Å². The number of aromatic amines is 2. The van der Waals surface area contributed by atoms with Crippen LogP contribution in [0.1, 0.15) is 0 Å². The molecule has 1 aromatic heterocycles. The second kappa shape index (κ2) is 5.30. The molecule has 0 fully saturated rings. The van der Waals surface area contributed by atoms with Gasteiger partial charge in [0.25, 0.3) is 0 Å². The standard InChI is InChI=1S/C13H7Cl3N2OS/c14-6-2-1-3-9(10(6)16)19-12-7(15)4-5-8-11(12)18-13(20)17-8/h1-5H,(H2,17,18,20). The summed E-state index contributed by atoms with van der Waals surface area (Å²) in [6.07, 6.45) is 0. The topological polar surface area (TPSA) is 40.8 Å². The van der Waals surface area contributed by atoms with Gasteiger partial charge < -0.3 is 14.7 Å². The van der Waals surface area contributed by atoms with Crippen LogP contribution in [0.25, 0.3) is 11.0 Å². The van der Waals surface area contributed by atoms with Crippen LogP contribution in [0.2, 0.25) is 15.1 Å². The van der Waals surface area contributed by atoms with Crippen LogP contribution in [0, 0.1) is 4.77 Å². The minimum absolute atomic E-state index is 0.330. The van der Waals surface area contributed by atoms with Crippen LogP contribution in [0.5, 0.6) is 11.5 Å². The molecule has 0 radical (unpaired) electrons. The summed E-state index contributed by atoms with van der Waals surface area (Å²) in [6, 6.07) is 8.68. The van der Waals surface area contributed by atoms with E-state index in [9.17, 15) is 0 Å². The van der Waals surface area contributed by atoms with Crippen molar-refractivity contribution in [3.8, 4) is 11.5 Å². The lowest BCUT2D eigenvalue weighted by Gasteiger charge is -2.10. The Kier molecular flexibility index (Phi) is 3.65. The summed E-state index contributed by atoms with van der Waals surface area (Å²) in [7, 11) is 0. The van der Waals surface area contributed by atoms with Gasteiger partial charge in [-0.15, -0.1) is 0 Å². The van der Waals surface area contributed by atoms with Crippen molar-refractivity contribution >= 4 is 58.1 Å². The summed E-state index contributed by atoms with van der Waals surface area (Å²) in [5, 5.41) is 1.18. The molecule has 2 aromatic carbocycles. The van der Waals surface area contributed by atoms with Crippen molar-refractivity contribution in [1.29, 1.82) is 0 Å². The number of hydrogen-bond donors (Lipinski definition) is 2. The average molecular weight is 346 g/mol. The Bertz CT molecular complexity index is 856. The van der Waals surface area contributed by atoms with E-state index < -0.39 is 0 Å². The van der Waals surface area contributed by atoms with Crippen molar-refractivity contribution < 1.29 is 4.74 Å². The van der Waals surface area contributed by atoms with E-state index in [1.165, 1.54) is 0 Å². The van der Waals surface area contributed by atoms with E-state index in [2.05, 4.69) is 9.97 Å². The fourth-order valence-corrected chi connectivity index (χ4v) is 2.56. The third kappa shape index (κ3) is 2.40. The zero-order valence-corrected chi connectivity index (χ0v) is 12.9. The van der Waals surface area contributed by atoms with Crippen LogP contribution in [-0.4, -0.2) is 9.97 Å². The number of aromatic nitrogens is 2. The number of benzene rings is 2. The molecule has 0 aliphatic rings. The molecule has 20 heavy (non-hydrogen) atoms. The van der Waals surface area contributed by atoms with Gasteiger partial charge in [0.15, 0.2) is 10.5 Å². The third-order valence-corrected chi connectivity index (χ3v) is 4.03. The highest BCUT2D eigenvalue weighted by atomic mass is 35.5. The Hall–Kier alpha value is -1.20. The van der Waals surface area contributed by atoms with Crippen LogP contribution in [0.4, 0.5) is 0 Å². The molecule has 2 N–H and O–H groups in total. The van der Waals surface area contributed by atoms with E-state index in [1.54, 1.807) is 24.3 Å². The van der Waals surface area contributed by atoms with Gasteiger partial charge in [-0.2, -0.15) is 0 Å². The van der Waals surface area contributed by atoms with E-state index in [0.29, 0.717) is 36.9 Å². The van der Waals surface area contributed by atoms with Crippen molar-refractivity contribution in [2.45, 2.75) is 0 Å². The molecule has 0 unspecified atom stereocenters. The van der Waals surface area contributed by atoms with Crippen LogP contribution in [-0.2, 0) is 0 Å². The van der Waals surface area contributed by atoms with Gasteiger partial charge in [0, 0.05) is 0 Å². The molecule has 102 valence electrons. The molecule has 0 spiro atoms. The minimum Gasteiger partial charge on any atom is -0.452 e. The predicted molar refractivity (Wildman–Crippen MR) is 85.0 cm³/mol. The van der Waals surface area contributed by atoms with E-state index in [4.69, 9.17) is 51.8 Å². The lowest BCUT2D eigenvalue weighted by molar-refractivity contribution is 0.488. The first kappa shape index (κ1) is 13.8. The summed E-state index contributed by atoms with van der Waals surface area (Å²) in [5.41, 5.74) is 1.48. The Morgan fingerprint density at radius 2 is 1.75 bits per heavy atom. The lowest BCUT2D eigenvalue weighted by Crippen LogP contribution is -1.88. The number of fused-ring (bicyclic) bond motifs is 1. The third-order valence-electron chi connectivity index (χ3n) is 2.72. The average Bonchev–Trinajstić information content (AvgIpc) is 2.79. The van der Waals surface area contributed by atoms with Crippen LogP contribution in [0.15, 0.2) is 30.3 Å². The quantitative estimate of drug-likeness (QED) is 0.561. The maximum atomic E-state index is 6.19. The van der Waals surface area contributed by atoms with E-state index >= 15 is 0 Å². The molecule has 0 bridgehead atoms. The number of nitrogens with one attached hydrogen (secondary N) is 2. The number of ether oxygens (including phenoxy) is 1. The molecule has 0 atom stereocenters. The molecule has 0 aliphatic heterocycles. The van der Waals surface area contributed by atoms with Gasteiger partial charge in [0.05, 0.1) is 15.6 Å². The molecular weight excluding hydrogens is 339 g/mol. The van der Waals surface area contributed by atoms with Crippen LogP contribution in [0.3, 0.4) is 0 Å². The smallest absolute Gasteiger partial charge is 0.175 e. The first-order chi connectivity index (χ1) is 9.56. The van der Waals surface area contributed by atoms with Gasteiger partial charge in [0.2, 0.25) is 0 Å². The van der Waals surface area contributed by atoms with Gasteiger partial charge in [-0.05, 0) is 36.5 Å². The summed E-state index contributed by atoms with van der Waals surface area (Å²) < 4.78 is 6.29.